The number of pyridine rings is 1. The van der Waals surface area contributed by atoms with Gasteiger partial charge in [0.1, 0.15) is 18.2 Å². The van der Waals surface area contributed by atoms with Crippen molar-refractivity contribution in [2.75, 3.05) is 18.4 Å². The van der Waals surface area contributed by atoms with Crippen molar-refractivity contribution in [3.63, 3.8) is 0 Å². The molecule has 1 fully saturated rings. The van der Waals surface area contributed by atoms with Gasteiger partial charge in [-0.1, -0.05) is 6.08 Å². The van der Waals surface area contributed by atoms with Crippen LogP contribution in [0.15, 0.2) is 42.7 Å². The Morgan fingerprint density at radius 1 is 1.21 bits per heavy atom. The Morgan fingerprint density at radius 2 is 2.07 bits per heavy atom. The highest BCUT2D eigenvalue weighted by atomic mass is 19.1. The fourth-order valence-corrected chi connectivity index (χ4v) is 4.45. The number of rotatable bonds is 3. The van der Waals surface area contributed by atoms with Crippen LogP contribution >= 0.6 is 0 Å². The summed E-state index contributed by atoms with van der Waals surface area (Å²) in [4.78, 5) is 32.2. The maximum absolute atomic E-state index is 13.5. The Hall–Kier alpha value is -3.29. The Bertz CT molecular complexity index is 1050. The van der Waals surface area contributed by atoms with E-state index in [2.05, 4.69) is 10.3 Å². The number of aromatic nitrogens is 1. The summed E-state index contributed by atoms with van der Waals surface area (Å²) in [5, 5.41) is 2.70. The lowest BCUT2D eigenvalue weighted by atomic mass is 9.96. The zero-order valence-electron chi connectivity index (χ0n) is 15.4. The predicted octanol–water partition coefficient (Wildman–Crippen LogP) is 3.02. The van der Waals surface area contributed by atoms with Crippen LogP contribution in [0, 0.1) is 17.6 Å². The van der Waals surface area contributed by atoms with Gasteiger partial charge in [0.25, 0.3) is 0 Å². The third kappa shape index (κ3) is 3.14. The van der Waals surface area contributed by atoms with E-state index in [1.165, 1.54) is 35.4 Å². The number of carbonyl (C=O) groups is 2. The van der Waals surface area contributed by atoms with E-state index in [9.17, 15) is 18.4 Å². The first-order valence-corrected chi connectivity index (χ1v) is 9.44. The molecule has 5 rings (SSSR count). The SMILES string of the molecule is O=C1Nc2ccc(F)cc2CN1CC(=O)N1C[C@H]2C[C@@H]1C=C2c1cncc(F)c1. The number of likely N-dealkylation sites (tertiary alicyclic amines) is 1. The maximum Gasteiger partial charge on any atom is 0.322 e. The highest BCUT2D eigenvalue weighted by molar-refractivity contribution is 5.95. The molecule has 2 aromatic rings. The lowest BCUT2D eigenvalue weighted by Gasteiger charge is -2.32. The van der Waals surface area contributed by atoms with Crippen molar-refractivity contribution in [1.82, 2.24) is 14.8 Å². The molecule has 1 aliphatic carbocycles. The standard InChI is InChI=1S/C21H18F2N4O2/c22-15-1-2-19-14(4-15)9-26(21(29)25-19)11-20(28)27-10-13-5-17(27)6-18(13)12-3-16(23)8-24-7-12/h1-4,6-8,13,17H,5,9-11H2,(H,25,29)/t13-,17-/m1/s1. The molecule has 2 atom stereocenters. The van der Waals surface area contributed by atoms with Crippen LogP contribution in [0.25, 0.3) is 5.57 Å². The highest BCUT2D eigenvalue weighted by Crippen LogP contribution is 2.42. The zero-order chi connectivity index (χ0) is 20.1. The second-order valence-corrected chi connectivity index (χ2v) is 7.65. The number of hydrogen-bond acceptors (Lipinski definition) is 3. The van der Waals surface area contributed by atoms with Gasteiger partial charge in [0.05, 0.1) is 18.8 Å². The minimum absolute atomic E-state index is 0.0663. The van der Waals surface area contributed by atoms with E-state index < -0.39 is 0 Å². The summed E-state index contributed by atoms with van der Waals surface area (Å²) in [5.74, 6) is -0.780. The number of anilines is 1. The summed E-state index contributed by atoms with van der Waals surface area (Å²) in [6.07, 6.45) is 5.58. The van der Waals surface area contributed by atoms with Crippen LogP contribution in [0.4, 0.5) is 19.3 Å². The number of hydrogen-bond donors (Lipinski definition) is 1. The lowest BCUT2D eigenvalue weighted by molar-refractivity contribution is -0.132. The van der Waals surface area contributed by atoms with Crippen LogP contribution in [-0.2, 0) is 11.3 Å². The smallest absolute Gasteiger partial charge is 0.322 e. The molecule has 2 aliphatic heterocycles. The summed E-state index contributed by atoms with van der Waals surface area (Å²) in [5.41, 5.74) is 2.97. The average molecular weight is 396 g/mol. The molecule has 1 N–H and O–H groups in total. The number of nitrogens with zero attached hydrogens (tertiary/aromatic N) is 3. The van der Waals surface area contributed by atoms with Gasteiger partial charge in [-0.25, -0.2) is 13.6 Å². The Balaban J connectivity index is 1.29. The van der Waals surface area contributed by atoms with Gasteiger partial charge in [-0.3, -0.25) is 9.78 Å². The van der Waals surface area contributed by atoms with E-state index in [4.69, 9.17) is 0 Å². The molecule has 1 aromatic carbocycles. The first kappa shape index (κ1) is 17.8. The summed E-state index contributed by atoms with van der Waals surface area (Å²) in [6.45, 7) is 0.644. The molecule has 3 amide bonds. The number of amides is 3. The molecular formula is C21H18F2N4O2. The summed E-state index contributed by atoms with van der Waals surface area (Å²) in [6, 6.07) is 5.20. The fraction of sp³-hybridized carbons (Fsp3) is 0.286. The number of halogens is 2. The van der Waals surface area contributed by atoms with E-state index in [0.717, 1.165) is 17.6 Å². The molecule has 3 aliphatic rings. The first-order chi connectivity index (χ1) is 14.0. The topological polar surface area (TPSA) is 65.5 Å². The fourth-order valence-electron chi connectivity index (χ4n) is 4.45. The molecule has 0 radical (unpaired) electrons. The quantitative estimate of drug-likeness (QED) is 0.868. The van der Waals surface area contributed by atoms with E-state index in [0.29, 0.717) is 17.8 Å². The third-order valence-electron chi connectivity index (χ3n) is 5.80. The molecule has 1 aromatic heterocycles. The largest absolute Gasteiger partial charge is 0.334 e. The molecule has 0 spiro atoms. The third-order valence-corrected chi connectivity index (χ3v) is 5.80. The van der Waals surface area contributed by atoms with Gasteiger partial charge in [0.15, 0.2) is 0 Å². The van der Waals surface area contributed by atoms with Gasteiger partial charge in [-0.15, -0.1) is 0 Å². The van der Waals surface area contributed by atoms with Crippen molar-refractivity contribution in [2.45, 2.75) is 19.0 Å². The zero-order valence-corrected chi connectivity index (χ0v) is 15.4. The Morgan fingerprint density at radius 3 is 2.83 bits per heavy atom. The van der Waals surface area contributed by atoms with Crippen LogP contribution in [0.1, 0.15) is 17.5 Å². The number of nitrogens with one attached hydrogen (secondary N) is 1. The van der Waals surface area contributed by atoms with Crippen molar-refractivity contribution in [3.8, 4) is 0 Å². The van der Waals surface area contributed by atoms with Gasteiger partial charge < -0.3 is 15.1 Å². The van der Waals surface area contributed by atoms with Crippen LogP contribution < -0.4 is 5.32 Å². The maximum atomic E-state index is 13.5. The van der Waals surface area contributed by atoms with Crippen LogP contribution in [0.2, 0.25) is 0 Å². The molecule has 0 saturated carbocycles. The van der Waals surface area contributed by atoms with Crippen LogP contribution in [0.5, 0.6) is 0 Å². The predicted molar refractivity (Wildman–Crippen MR) is 102 cm³/mol. The molecule has 6 nitrogen and oxygen atoms in total. The van der Waals surface area contributed by atoms with Crippen LogP contribution in [-0.4, -0.2) is 45.9 Å². The van der Waals surface area contributed by atoms with Gasteiger partial charge in [-0.2, -0.15) is 0 Å². The molecule has 148 valence electrons. The Labute approximate surface area is 165 Å². The van der Waals surface area contributed by atoms with Crippen molar-refractivity contribution >= 4 is 23.2 Å². The van der Waals surface area contributed by atoms with Gasteiger partial charge in [0, 0.05) is 24.3 Å². The van der Waals surface area contributed by atoms with Crippen molar-refractivity contribution in [2.24, 2.45) is 5.92 Å². The van der Waals surface area contributed by atoms with Crippen molar-refractivity contribution in [3.05, 3.63) is 65.5 Å². The molecule has 8 heteroatoms. The monoisotopic (exact) mass is 396 g/mol. The Kier molecular flexibility index (Phi) is 4.08. The summed E-state index contributed by atoms with van der Waals surface area (Å²) in [7, 11) is 0. The number of fused-ring (bicyclic) bond motifs is 3. The molecule has 2 bridgehead atoms. The van der Waals surface area contributed by atoms with Gasteiger partial charge in [0.2, 0.25) is 5.91 Å². The number of carbonyl (C=O) groups excluding carboxylic acids is 2. The summed E-state index contributed by atoms with van der Waals surface area (Å²) >= 11 is 0. The van der Waals surface area contributed by atoms with Crippen molar-refractivity contribution < 1.29 is 18.4 Å². The van der Waals surface area contributed by atoms with E-state index in [1.807, 2.05) is 6.08 Å². The van der Waals surface area contributed by atoms with Gasteiger partial charge >= 0.3 is 6.03 Å². The molecule has 1 saturated heterocycles. The van der Waals surface area contributed by atoms with Crippen LogP contribution in [0.3, 0.4) is 0 Å². The molecular weight excluding hydrogens is 378 g/mol. The second-order valence-electron chi connectivity index (χ2n) is 7.65. The van der Waals surface area contributed by atoms with E-state index >= 15 is 0 Å². The van der Waals surface area contributed by atoms with Crippen molar-refractivity contribution in [1.29, 1.82) is 0 Å². The molecule has 29 heavy (non-hydrogen) atoms. The molecule has 0 unspecified atom stereocenters. The summed E-state index contributed by atoms with van der Waals surface area (Å²) < 4.78 is 27.0. The van der Waals surface area contributed by atoms with E-state index in [-0.39, 0.29) is 48.6 Å². The number of benzene rings is 1. The number of urea groups is 1. The molecule has 3 heterocycles. The normalized spacial score (nSPS) is 22.4. The first-order valence-electron chi connectivity index (χ1n) is 9.44. The highest BCUT2D eigenvalue weighted by Gasteiger charge is 2.42. The lowest BCUT2D eigenvalue weighted by Crippen LogP contribution is -2.47. The minimum atomic E-state index is -0.382. The average Bonchev–Trinajstić information content (AvgIpc) is 3.30. The minimum Gasteiger partial charge on any atom is -0.334 e. The van der Waals surface area contributed by atoms with Gasteiger partial charge in [-0.05, 0) is 47.4 Å². The van der Waals surface area contributed by atoms with E-state index in [1.54, 1.807) is 11.1 Å². The second kappa shape index (κ2) is 6.65.